The molecule has 2 aromatic rings. The summed E-state index contributed by atoms with van der Waals surface area (Å²) in [5.41, 5.74) is 0.782. The molecule has 2 heterocycles. The Morgan fingerprint density at radius 1 is 1.41 bits per heavy atom. The Morgan fingerprint density at radius 2 is 2.24 bits per heavy atom. The van der Waals surface area contributed by atoms with Crippen LogP contribution in [-0.4, -0.2) is 31.9 Å². The Morgan fingerprint density at radius 3 is 2.88 bits per heavy atom. The van der Waals surface area contributed by atoms with Crippen molar-refractivity contribution in [1.29, 1.82) is 0 Å². The molecule has 90 valence electrons. The monoisotopic (exact) mass is 236 g/mol. The van der Waals surface area contributed by atoms with Crippen molar-refractivity contribution < 1.29 is 4.39 Å². The van der Waals surface area contributed by atoms with Crippen LogP contribution in [0.5, 0.6) is 0 Å². The van der Waals surface area contributed by atoms with Crippen molar-refractivity contribution in [3.05, 3.63) is 17.7 Å². The molecule has 0 bridgehead atoms. The third-order valence-corrected chi connectivity index (χ3v) is 2.20. The van der Waals surface area contributed by atoms with Crippen LogP contribution in [0.4, 0.5) is 10.2 Å². The minimum Gasteiger partial charge on any atom is -0.368 e. The molecule has 2 aromatic heterocycles. The van der Waals surface area contributed by atoms with Gasteiger partial charge in [-0.25, -0.2) is 14.4 Å². The van der Waals surface area contributed by atoms with Gasteiger partial charge in [0.25, 0.3) is 0 Å². The van der Waals surface area contributed by atoms with Crippen LogP contribution in [-0.2, 0) is 0 Å². The van der Waals surface area contributed by atoms with E-state index in [0.29, 0.717) is 18.1 Å². The van der Waals surface area contributed by atoms with E-state index < -0.39 is 5.82 Å². The Labute approximate surface area is 97.7 Å². The second-order valence-corrected chi connectivity index (χ2v) is 3.58. The van der Waals surface area contributed by atoms with E-state index in [-0.39, 0.29) is 11.5 Å². The molecular weight excluding hydrogens is 223 g/mol. The first kappa shape index (κ1) is 11.4. The third kappa shape index (κ3) is 2.38. The maximum Gasteiger partial charge on any atom is 0.186 e. The number of aromatic amines is 1. The lowest BCUT2D eigenvalue weighted by Gasteiger charge is -2.07. The van der Waals surface area contributed by atoms with Crippen LogP contribution in [0, 0.1) is 12.7 Å². The van der Waals surface area contributed by atoms with Gasteiger partial charge in [-0.05, 0) is 13.3 Å². The number of halogens is 1. The fraction of sp³-hybridized carbons (Fsp3) is 0.400. The predicted molar refractivity (Wildman–Crippen MR) is 60.9 cm³/mol. The number of H-pyrrole nitrogens is 1. The largest absolute Gasteiger partial charge is 0.368 e. The molecule has 0 saturated carbocycles. The lowest BCUT2D eigenvalue weighted by atomic mass is 10.3. The van der Waals surface area contributed by atoms with Gasteiger partial charge in [-0.2, -0.15) is 15.4 Å². The first-order chi connectivity index (χ1) is 8.22. The SMILES string of the molecule is CCCNc1nc(-c2cn[nH]n2)nc(C)c1F. The van der Waals surface area contributed by atoms with Crippen LogP contribution in [0.25, 0.3) is 11.5 Å². The van der Waals surface area contributed by atoms with Gasteiger partial charge in [-0.15, -0.1) is 0 Å². The summed E-state index contributed by atoms with van der Waals surface area (Å²) in [6.45, 7) is 4.25. The zero-order valence-corrected chi connectivity index (χ0v) is 9.66. The van der Waals surface area contributed by atoms with E-state index in [1.165, 1.54) is 6.20 Å². The van der Waals surface area contributed by atoms with Crippen LogP contribution in [0.15, 0.2) is 6.20 Å². The highest BCUT2D eigenvalue weighted by atomic mass is 19.1. The normalized spacial score (nSPS) is 10.5. The zero-order valence-electron chi connectivity index (χ0n) is 9.66. The topological polar surface area (TPSA) is 79.4 Å². The van der Waals surface area contributed by atoms with Crippen LogP contribution in [0.2, 0.25) is 0 Å². The van der Waals surface area contributed by atoms with Gasteiger partial charge in [0.2, 0.25) is 0 Å². The van der Waals surface area contributed by atoms with Gasteiger partial charge < -0.3 is 5.32 Å². The quantitative estimate of drug-likeness (QED) is 0.841. The molecule has 17 heavy (non-hydrogen) atoms. The second-order valence-electron chi connectivity index (χ2n) is 3.58. The van der Waals surface area contributed by atoms with E-state index in [1.54, 1.807) is 6.92 Å². The van der Waals surface area contributed by atoms with E-state index in [9.17, 15) is 4.39 Å². The summed E-state index contributed by atoms with van der Waals surface area (Å²) in [6.07, 6.45) is 2.39. The van der Waals surface area contributed by atoms with Crippen molar-refractivity contribution in [2.45, 2.75) is 20.3 Å². The number of nitrogens with zero attached hydrogens (tertiary/aromatic N) is 4. The van der Waals surface area contributed by atoms with Crippen LogP contribution in [0.1, 0.15) is 19.0 Å². The first-order valence-corrected chi connectivity index (χ1v) is 5.36. The van der Waals surface area contributed by atoms with Crippen molar-refractivity contribution in [3.8, 4) is 11.5 Å². The summed E-state index contributed by atoms with van der Waals surface area (Å²) in [6, 6.07) is 0. The molecule has 2 rings (SSSR count). The Hall–Kier alpha value is -2.05. The Balaban J connectivity index is 2.39. The molecule has 0 spiro atoms. The first-order valence-electron chi connectivity index (χ1n) is 5.36. The molecule has 6 nitrogen and oxygen atoms in total. The van der Waals surface area contributed by atoms with E-state index in [4.69, 9.17) is 0 Å². The maximum absolute atomic E-state index is 13.7. The number of hydrogen-bond donors (Lipinski definition) is 2. The minimum absolute atomic E-state index is 0.206. The molecule has 2 N–H and O–H groups in total. The second kappa shape index (κ2) is 4.86. The van der Waals surface area contributed by atoms with Gasteiger partial charge in [0.05, 0.1) is 11.9 Å². The lowest BCUT2D eigenvalue weighted by molar-refractivity contribution is 0.605. The van der Waals surface area contributed by atoms with Gasteiger partial charge in [-0.3, -0.25) is 0 Å². The van der Waals surface area contributed by atoms with Crippen molar-refractivity contribution in [3.63, 3.8) is 0 Å². The highest BCUT2D eigenvalue weighted by Gasteiger charge is 2.13. The van der Waals surface area contributed by atoms with Gasteiger partial charge >= 0.3 is 0 Å². The van der Waals surface area contributed by atoms with Gasteiger partial charge in [0, 0.05) is 6.54 Å². The summed E-state index contributed by atoms with van der Waals surface area (Å²) in [5.74, 6) is 0.138. The number of nitrogens with one attached hydrogen (secondary N) is 2. The minimum atomic E-state index is -0.425. The predicted octanol–water partition coefficient (Wildman–Crippen LogP) is 1.53. The number of hydrogen-bond acceptors (Lipinski definition) is 5. The van der Waals surface area contributed by atoms with Crippen molar-refractivity contribution >= 4 is 5.82 Å². The van der Waals surface area contributed by atoms with Crippen LogP contribution >= 0.6 is 0 Å². The van der Waals surface area contributed by atoms with Gasteiger partial charge in [0.15, 0.2) is 17.5 Å². The molecule has 0 amide bonds. The van der Waals surface area contributed by atoms with Crippen molar-refractivity contribution in [2.24, 2.45) is 0 Å². The molecule has 0 fully saturated rings. The summed E-state index contributed by atoms with van der Waals surface area (Å²) in [5, 5.41) is 12.9. The molecule has 0 aromatic carbocycles. The Bertz CT molecular complexity index is 496. The fourth-order valence-electron chi connectivity index (χ4n) is 1.34. The molecule has 0 aliphatic carbocycles. The molecule has 0 radical (unpaired) electrons. The van der Waals surface area contributed by atoms with E-state index >= 15 is 0 Å². The summed E-state index contributed by atoms with van der Waals surface area (Å²) < 4.78 is 13.7. The molecule has 7 heteroatoms. The summed E-state index contributed by atoms with van der Waals surface area (Å²) in [7, 11) is 0. The molecular formula is C10H13FN6. The van der Waals surface area contributed by atoms with E-state index in [1.807, 2.05) is 6.92 Å². The smallest absolute Gasteiger partial charge is 0.186 e. The van der Waals surface area contributed by atoms with Crippen LogP contribution in [0.3, 0.4) is 0 Å². The average molecular weight is 236 g/mol. The maximum atomic E-state index is 13.7. The zero-order chi connectivity index (χ0) is 12.3. The van der Waals surface area contributed by atoms with Gasteiger partial charge in [0.1, 0.15) is 5.69 Å². The van der Waals surface area contributed by atoms with E-state index in [2.05, 4.69) is 30.7 Å². The summed E-state index contributed by atoms with van der Waals surface area (Å²) >= 11 is 0. The molecule has 0 unspecified atom stereocenters. The fourth-order valence-corrected chi connectivity index (χ4v) is 1.34. The van der Waals surface area contributed by atoms with E-state index in [0.717, 1.165) is 6.42 Å². The van der Waals surface area contributed by atoms with Crippen molar-refractivity contribution in [1.82, 2.24) is 25.4 Å². The third-order valence-electron chi connectivity index (χ3n) is 2.20. The number of aromatic nitrogens is 5. The average Bonchev–Trinajstić information content (AvgIpc) is 2.84. The molecule has 0 saturated heterocycles. The standard InChI is InChI=1S/C10H13FN6/c1-3-4-12-10-8(11)6(2)14-9(15-10)7-5-13-17-16-7/h5H,3-4H2,1-2H3,(H,12,14,15)(H,13,16,17). The highest BCUT2D eigenvalue weighted by Crippen LogP contribution is 2.18. The highest BCUT2D eigenvalue weighted by molar-refractivity contribution is 5.52. The van der Waals surface area contributed by atoms with Crippen molar-refractivity contribution in [2.75, 3.05) is 11.9 Å². The molecule has 0 aliphatic heterocycles. The number of aryl methyl sites for hydroxylation is 1. The number of rotatable bonds is 4. The lowest BCUT2D eigenvalue weighted by Crippen LogP contribution is -2.08. The molecule has 0 atom stereocenters. The van der Waals surface area contributed by atoms with Gasteiger partial charge in [-0.1, -0.05) is 6.92 Å². The summed E-state index contributed by atoms with van der Waals surface area (Å²) in [4.78, 5) is 8.13. The molecule has 0 aliphatic rings. The number of anilines is 1. The van der Waals surface area contributed by atoms with Crippen LogP contribution < -0.4 is 5.32 Å². The Kier molecular flexibility index (Phi) is 3.27.